The Hall–Kier alpha value is -2.11. The van der Waals surface area contributed by atoms with Crippen molar-refractivity contribution < 1.29 is 18.8 Å². The molecular weight excluding hydrogens is 284 g/mol. The summed E-state index contributed by atoms with van der Waals surface area (Å²) in [7, 11) is 0. The third-order valence-corrected chi connectivity index (χ3v) is 5.36. The second-order valence-corrected chi connectivity index (χ2v) is 6.50. The van der Waals surface area contributed by atoms with Gasteiger partial charge in [-0.05, 0) is 43.2 Å². The van der Waals surface area contributed by atoms with Gasteiger partial charge in [-0.3, -0.25) is 19.3 Å². The maximum atomic E-state index is 12.5. The second-order valence-electron chi connectivity index (χ2n) is 6.50. The first kappa shape index (κ1) is 13.5. The van der Waals surface area contributed by atoms with Crippen LogP contribution in [-0.4, -0.2) is 29.2 Å². The smallest absolute Gasteiger partial charge is 0.240 e. The van der Waals surface area contributed by atoms with Crippen molar-refractivity contribution in [1.29, 1.82) is 0 Å². The van der Waals surface area contributed by atoms with Crippen LogP contribution in [0.3, 0.4) is 0 Å². The van der Waals surface area contributed by atoms with Crippen LogP contribution in [0, 0.1) is 23.7 Å². The fourth-order valence-corrected chi connectivity index (χ4v) is 4.42. The lowest BCUT2D eigenvalue weighted by Gasteiger charge is -2.19. The number of nitrogens with zero attached hydrogens (tertiary/aromatic N) is 1. The molecule has 2 aliphatic carbocycles. The highest BCUT2D eigenvalue weighted by molar-refractivity contribution is 6.08. The highest BCUT2D eigenvalue weighted by Crippen LogP contribution is 2.55. The van der Waals surface area contributed by atoms with Crippen molar-refractivity contribution in [2.24, 2.45) is 23.7 Å². The summed E-state index contributed by atoms with van der Waals surface area (Å²) in [5, 5.41) is 2.68. The molecule has 0 unspecified atom stereocenters. The Kier molecular flexibility index (Phi) is 3.06. The molecule has 2 heterocycles. The zero-order valence-electron chi connectivity index (χ0n) is 12.2. The van der Waals surface area contributed by atoms with Gasteiger partial charge in [-0.2, -0.15) is 0 Å². The van der Waals surface area contributed by atoms with Gasteiger partial charge in [0, 0.05) is 0 Å². The highest BCUT2D eigenvalue weighted by atomic mass is 16.3. The standard InChI is InChI=1S/C16H18N2O4/c19-12(17-7-11-2-1-5-22-11)8-18-15(20)13-9-3-4-10(6-9)14(13)16(18)21/h1-2,5,9-10,13-14H,3-4,6-8H2,(H,17,19)/t9-,10-,13-,14+/m0/s1. The molecule has 116 valence electrons. The van der Waals surface area contributed by atoms with E-state index in [1.54, 1.807) is 12.1 Å². The molecule has 6 heteroatoms. The molecule has 3 fully saturated rings. The molecule has 1 aliphatic heterocycles. The number of fused-ring (bicyclic) bond motifs is 5. The molecule has 1 N–H and O–H groups in total. The summed E-state index contributed by atoms with van der Waals surface area (Å²) in [4.78, 5) is 38.1. The molecule has 6 nitrogen and oxygen atoms in total. The first-order chi connectivity index (χ1) is 10.6. The maximum Gasteiger partial charge on any atom is 0.240 e. The second kappa shape index (κ2) is 4.97. The van der Waals surface area contributed by atoms with Gasteiger partial charge in [0.2, 0.25) is 17.7 Å². The molecule has 4 atom stereocenters. The molecule has 0 aromatic carbocycles. The topological polar surface area (TPSA) is 79.6 Å². The van der Waals surface area contributed by atoms with Crippen LogP contribution in [0.1, 0.15) is 25.0 Å². The summed E-state index contributed by atoms with van der Waals surface area (Å²) in [6.07, 6.45) is 4.63. The number of amides is 3. The van der Waals surface area contributed by atoms with Crippen LogP contribution in [0.15, 0.2) is 22.8 Å². The summed E-state index contributed by atoms with van der Waals surface area (Å²) >= 11 is 0. The Bertz CT molecular complexity index is 596. The van der Waals surface area contributed by atoms with E-state index in [9.17, 15) is 14.4 Å². The molecule has 3 aliphatic rings. The lowest BCUT2D eigenvalue weighted by atomic mass is 9.81. The van der Waals surface area contributed by atoms with E-state index < -0.39 is 0 Å². The first-order valence-electron chi connectivity index (χ1n) is 7.79. The van der Waals surface area contributed by atoms with Crippen molar-refractivity contribution in [3.63, 3.8) is 0 Å². The first-order valence-corrected chi connectivity index (χ1v) is 7.79. The van der Waals surface area contributed by atoms with E-state index >= 15 is 0 Å². The number of hydrogen-bond donors (Lipinski definition) is 1. The SMILES string of the molecule is O=C(CN1C(=O)[C@@H]2[C@H]3CC[C@@H](C3)[C@@H]2C1=O)NCc1ccco1. The van der Waals surface area contributed by atoms with Gasteiger partial charge in [-0.25, -0.2) is 0 Å². The third kappa shape index (κ3) is 1.97. The quantitative estimate of drug-likeness (QED) is 0.839. The van der Waals surface area contributed by atoms with E-state index in [1.807, 2.05) is 0 Å². The van der Waals surface area contributed by atoms with Crippen LogP contribution in [0.2, 0.25) is 0 Å². The molecule has 2 bridgehead atoms. The number of carbonyl (C=O) groups excluding carboxylic acids is 3. The molecular formula is C16H18N2O4. The van der Waals surface area contributed by atoms with Crippen molar-refractivity contribution in [3.05, 3.63) is 24.2 Å². The predicted molar refractivity (Wildman–Crippen MR) is 75.1 cm³/mol. The number of furan rings is 1. The summed E-state index contributed by atoms with van der Waals surface area (Å²) in [5.74, 6) is 0.400. The van der Waals surface area contributed by atoms with Crippen LogP contribution in [-0.2, 0) is 20.9 Å². The van der Waals surface area contributed by atoms with E-state index in [1.165, 1.54) is 6.26 Å². The maximum absolute atomic E-state index is 12.5. The fraction of sp³-hybridized carbons (Fsp3) is 0.562. The molecule has 22 heavy (non-hydrogen) atoms. The predicted octanol–water partition coefficient (Wildman–Crippen LogP) is 0.927. The Labute approximate surface area is 127 Å². The van der Waals surface area contributed by atoms with E-state index in [-0.39, 0.29) is 42.6 Å². The zero-order valence-corrected chi connectivity index (χ0v) is 12.2. The van der Waals surface area contributed by atoms with Crippen molar-refractivity contribution in [3.8, 4) is 0 Å². The number of imide groups is 1. The summed E-state index contributed by atoms with van der Waals surface area (Å²) in [6, 6.07) is 3.50. The van der Waals surface area contributed by atoms with Crippen LogP contribution < -0.4 is 5.32 Å². The van der Waals surface area contributed by atoms with E-state index in [4.69, 9.17) is 4.42 Å². The monoisotopic (exact) mass is 302 g/mol. The molecule has 0 spiro atoms. The largest absolute Gasteiger partial charge is 0.467 e. The molecule has 1 saturated heterocycles. The third-order valence-electron chi connectivity index (χ3n) is 5.36. The number of nitrogens with one attached hydrogen (secondary N) is 1. The minimum Gasteiger partial charge on any atom is -0.467 e. The Morgan fingerprint density at radius 1 is 1.23 bits per heavy atom. The van der Waals surface area contributed by atoms with Gasteiger partial charge in [0.1, 0.15) is 12.3 Å². The fourth-order valence-electron chi connectivity index (χ4n) is 4.42. The van der Waals surface area contributed by atoms with Gasteiger partial charge in [0.25, 0.3) is 0 Å². The van der Waals surface area contributed by atoms with Crippen LogP contribution >= 0.6 is 0 Å². The van der Waals surface area contributed by atoms with Crippen molar-refractivity contribution in [2.75, 3.05) is 6.54 Å². The van der Waals surface area contributed by atoms with E-state index in [0.29, 0.717) is 17.6 Å². The molecule has 4 rings (SSSR count). The number of rotatable bonds is 4. The molecule has 3 amide bonds. The average Bonchev–Trinajstić information content (AvgIpc) is 3.26. The lowest BCUT2D eigenvalue weighted by molar-refractivity contribution is -0.144. The molecule has 1 aromatic heterocycles. The van der Waals surface area contributed by atoms with Crippen molar-refractivity contribution in [1.82, 2.24) is 10.2 Å². The molecule has 1 aromatic rings. The van der Waals surface area contributed by atoms with Gasteiger partial charge in [-0.15, -0.1) is 0 Å². The van der Waals surface area contributed by atoms with Crippen molar-refractivity contribution >= 4 is 17.7 Å². The average molecular weight is 302 g/mol. The van der Waals surface area contributed by atoms with Gasteiger partial charge >= 0.3 is 0 Å². The summed E-state index contributed by atoms with van der Waals surface area (Å²) in [6.45, 7) is 0.0883. The minimum atomic E-state index is -0.328. The normalized spacial score (nSPS) is 32.6. The van der Waals surface area contributed by atoms with Gasteiger partial charge in [-0.1, -0.05) is 0 Å². The summed E-state index contributed by atoms with van der Waals surface area (Å²) in [5.41, 5.74) is 0. The minimum absolute atomic E-state index is 0.143. The highest BCUT2D eigenvalue weighted by Gasteiger charge is 2.60. The Morgan fingerprint density at radius 2 is 1.91 bits per heavy atom. The molecule has 2 saturated carbocycles. The molecule has 0 radical (unpaired) electrons. The van der Waals surface area contributed by atoms with Crippen molar-refractivity contribution in [2.45, 2.75) is 25.8 Å². The van der Waals surface area contributed by atoms with Gasteiger partial charge < -0.3 is 9.73 Å². The van der Waals surface area contributed by atoms with Crippen LogP contribution in [0.25, 0.3) is 0 Å². The Morgan fingerprint density at radius 3 is 2.50 bits per heavy atom. The van der Waals surface area contributed by atoms with Crippen LogP contribution in [0.4, 0.5) is 0 Å². The summed E-state index contributed by atoms with van der Waals surface area (Å²) < 4.78 is 5.13. The van der Waals surface area contributed by atoms with E-state index in [0.717, 1.165) is 24.2 Å². The Balaban J connectivity index is 1.40. The zero-order chi connectivity index (χ0) is 15.3. The van der Waals surface area contributed by atoms with E-state index in [2.05, 4.69) is 5.32 Å². The number of carbonyl (C=O) groups is 3. The van der Waals surface area contributed by atoms with Crippen LogP contribution in [0.5, 0.6) is 0 Å². The van der Waals surface area contributed by atoms with Gasteiger partial charge in [0.15, 0.2) is 0 Å². The van der Waals surface area contributed by atoms with Gasteiger partial charge in [0.05, 0.1) is 24.6 Å². The lowest BCUT2D eigenvalue weighted by Crippen LogP contribution is -2.41. The number of likely N-dealkylation sites (tertiary alicyclic amines) is 1. The number of hydrogen-bond acceptors (Lipinski definition) is 4.